The first-order valence-electron chi connectivity index (χ1n) is 8.60. The van der Waals surface area contributed by atoms with Crippen LogP contribution < -0.4 is 22.4 Å². The fraction of sp³-hybridized carbons (Fsp3) is 0. The lowest BCUT2D eigenvalue weighted by atomic mass is 10.2. The van der Waals surface area contributed by atoms with E-state index in [9.17, 15) is 14.4 Å². The quantitative estimate of drug-likeness (QED) is 0.576. The van der Waals surface area contributed by atoms with E-state index in [-0.39, 0.29) is 0 Å². The van der Waals surface area contributed by atoms with Gasteiger partial charge >= 0.3 is 17.1 Å². The van der Waals surface area contributed by atoms with Crippen molar-refractivity contribution in [3.05, 3.63) is 116 Å². The van der Waals surface area contributed by atoms with E-state index >= 15 is 0 Å². The first-order valence-corrected chi connectivity index (χ1v) is 8.60. The SMILES string of the molecule is O=c1[nH]c(=O)n(-c2ccc(Nc3ccccc3)cc2)c(=O)n1-c1ccccc1. The van der Waals surface area contributed by atoms with Crippen molar-refractivity contribution in [2.24, 2.45) is 0 Å². The summed E-state index contributed by atoms with van der Waals surface area (Å²) in [6.07, 6.45) is 0. The van der Waals surface area contributed by atoms with Gasteiger partial charge in [0.15, 0.2) is 0 Å². The molecule has 0 aliphatic rings. The second kappa shape index (κ2) is 7.24. The minimum Gasteiger partial charge on any atom is -0.356 e. The van der Waals surface area contributed by atoms with Crippen molar-refractivity contribution in [2.75, 3.05) is 5.32 Å². The van der Waals surface area contributed by atoms with Crippen LogP contribution in [-0.4, -0.2) is 14.1 Å². The number of nitrogens with zero attached hydrogens (tertiary/aromatic N) is 2. The van der Waals surface area contributed by atoms with Crippen LogP contribution in [0.25, 0.3) is 11.4 Å². The van der Waals surface area contributed by atoms with Crippen LogP contribution in [0.3, 0.4) is 0 Å². The predicted molar refractivity (Wildman–Crippen MR) is 108 cm³/mol. The zero-order valence-electron chi connectivity index (χ0n) is 14.7. The average Bonchev–Trinajstić information content (AvgIpc) is 2.70. The van der Waals surface area contributed by atoms with E-state index in [0.29, 0.717) is 11.4 Å². The highest BCUT2D eigenvalue weighted by atomic mass is 16.2. The lowest BCUT2D eigenvalue weighted by molar-refractivity contribution is 0.715. The molecule has 0 aliphatic carbocycles. The molecule has 0 radical (unpaired) electrons. The van der Waals surface area contributed by atoms with Gasteiger partial charge in [-0.2, -0.15) is 0 Å². The van der Waals surface area contributed by atoms with E-state index in [0.717, 1.165) is 20.5 Å². The number of para-hydroxylation sites is 2. The number of hydrogen-bond acceptors (Lipinski definition) is 4. The first-order chi connectivity index (χ1) is 13.6. The van der Waals surface area contributed by atoms with Crippen LogP contribution in [0.1, 0.15) is 0 Å². The number of hydrogen-bond donors (Lipinski definition) is 2. The summed E-state index contributed by atoms with van der Waals surface area (Å²) in [5.41, 5.74) is 0.160. The smallest absolute Gasteiger partial charge is 0.345 e. The monoisotopic (exact) mass is 372 g/mol. The Morgan fingerprint density at radius 1 is 0.571 bits per heavy atom. The van der Waals surface area contributed by atoms with E-state index in [1.54, 1.807) is 54.6 Å². The van der Waals surface area contributed by atoms with Crippen molar-refractivity contribution in [1.82, 2.24) is 14.1 Å². The molecule has 0 saturated heterocycles. The molecular weight excluding hydrogens is 356 g/mol. The molecule has 0 bridgehead atoms. The Morgan fingerprint density at radius 2 is 1.04 bits per heavy atom. The summed E-state index contributed by atoms with van der Waals surface area (Å²) in [4.78, 5) is 39.6. The van der Waals surface area contributed by atoms with E-state index in [4.69, 9.17) is 0 Å². The van der Waals surface area contributed by atoms with Gasteiger partial charge in [-0.25, -0.2) is 23.5 Å². The van der Waals surface area contributed by atoms with Crippen molar-refractivity contribution < 1.29 is 0 Å². The van der Waals surface area contributed by atoms with Crippen LogP contribution in [0, 0.1) is 0 Å². The summed E-state index contributed by atoms with van der Waals surface area (Å²) in [7, 11) is 0. The number of rotatable bonds is 4. The lowest BCUT2D eigenvalue weighted by Gasteiger charge is -2.10. The molecule has 0 atom stereocenters. The molecule has 28 heavy (non-hydrogen) atoms. The highest BCUT2D eigenvalue weighted by molar-refractivity contribution is 5.60. The predicted octanol–water partition coefficient (Wildman–Crippen LogP) is 2.42. The Labute approximate surface area is 159 Å². The largest absolute Gasteiger partial charge is 0.356 e. The summed E-state index contributed by atoms with van der Waals surface area (Å²) in [5, 5.41) is 3.23. The zero-order valence-corrected chi connectivity index (χ0v) is 14.7. The highest BCUT2D eigenvalue weighted by Crippen LogP contribution is 2.17. The molecule has 7 heteroatoms. The normalized spacial score (nSPS) is 10.6. The van der Waals surface area contributed by atoms with Gasteiger partial charge in [-0.1, -0.05) is 36.4 Å². The Bertz CT molecular complexity index is 1270. The topological polar surface area (TPSA) is 88.9 Å². The molecule has 0 aliphatic heterocycles. The van der Waals surface area contributed by atoms with E-state index in [1.165, 1.54) is 0 Å². The third-order valence-corrected chi connectivity index (χ3v) is 4.20. The number of benzene rings is 3. The Kier molecular flexibility index (Phi) is 4.47. The number of nitrogens with one attached hydrogen (secondary N) is 2. The second-order valence-electron chi connectivity index (χ2n) is 6.06. The van der Waals surface area contributed by atoms with Crippen LogP contribution in [-0.2, 0) is 0 Å². The van der Waals surface area contributed by atoms with Crippen molar-refractivity contribution in [3.8, 4) is 11.4 Å². The fourth-order valence-electron chi connectivity index (χ4n) is 2.89. The van der Waals surface area contributed by atoms with Gasteiger partial charge in [0.2, 0.25) is 0 Å². The molecule has 1 aromatic heterocycles. The van der Waals surface area contributed by atoms with Crippen molar-refractivity contribution >= 4 is 11.4 Å². The van der Waals surface area contributed by atoms with Crippen molar-refractivity contribution in [3.63, 3.8) is 0 Å². The van der Waals surface area contributed by atoms with E-state index < -0.39 is 17.1 Å². The van der Waals surface area contributed by atoms with E-state index in [1.807, 2.05) is 30.3 Å². The number of aromatic amines is 1. The van der Waals surface area contributed by atoms with Gasteiger partial charge in [-0.15, -0.1) is 0 Å². The van der Waals surface area contributed by atoms with Crippen molar-refractivity contribution in [1.29, 1.82) is 0 Å². The molecule has 0 saturated carbocycles. The molecular formula is C21H16N4O3. The summed E-state index contributed by atoms with van der Waals surface area (Å²) < 4.78 is 1.86. The molecule has 2 N–H and O–H groups in total. The maximum atomic E-state index is 12.9. The Balaban J connectivity index is 1.76. The average molecular weight is 372 g/mol. The van der Waals surface area contributed by atoms with Crippen molar-refractivity contribution in [2.45, 2.75) is 0 Å². The minimum atomic E-state index is -0.786. The highest BCUT2D eigenvalue weighted by Gasteiger charge is 2.13. The molecule has 0 fully saturated rings. The van der Waals surface area contributed by atoms with Gasteiger partial charge in [0.25, 0.3) is 0 Å². The molecule has 7 nitrogen and oxygen atoms in total. The molecule has 3 aromatic carbocycles. The number of anilines is 2. The molecule has 1 heterocycles. The molecule has 4 rings (SSSR count). The number of aromatic nitrogens is 3. The maximum Gasteiger partial charge on any atom is 0.345 e. The standard InChI is InChI=1S/C21H16N4O3/c26-19-23-20(27)25(21(28)24(19)17-9-5-2-6-10-17)18-13-11-16(12-14-18)22-15-7-3-1-4-8-15/h1-14,22H,(H,23,26,27). The van der Waals surface area contributed by atoms with Gasteiger partial charge in [0.05, 0.1) is 11.4 Å². The summed E-state index contributed by atoms with van der Waals surface area (Å²) in [6.45, 7) is 0. The lowest BCUT2D eigenvalue weighted by Crippen LogP contribution is -2.47. The summed E-state index contributed by atoms with van der Waals surface area (Å²) in [6, 6.07) is 24.9. The Hall–Kier alpha value is -4.13. The third kappa shape index (κ3) is 3.28. The van der Waals surface area contributed by atoms with Crippen LogP contribution >= 0.6 is 0 Å². The van der Waals surface area contributed by atoms with E-state index in [2.05, 4.69) is 10.3 Å². The molecule has 0 spiro atoms. The zero-order chi connectivity index (χ0) is 19.5. The molecule has 0 amide bonds. The number of H-pyrrole nitrogens is 1. The Morgan fingerprint density at radius 3 is 1.61 bits per heavy atom. The van der Waals surface area contributed by atoms with Crippen LogP contribution in [0.15, 0.2) is 99.3 Å². The van der Waals surface area contributed by atoms with Gasteiger partial charge < -0.3 is 5.32 Å². The van der Waals surface area contributed by atoms with Gasteiger partial charge in [-0.3, -0.25) is 4.98 Å². The first kappa shape index (κ1) is 17.3. The molecule has 4 aromatic rings. The minimum absolute atomic E-state index is 0.356. The summed E-state index contributed by atoms with van der Waals surface area (Å²) in [5.74, 6) is 0. The van der Waals surface area contributed by atoms with Gasteiger partial charge in [0.1, 0.15) is 0 Å². The van der Waals surface area contributed by atoms with Crippen LogP contribution in [0.2, 0.25) is 0 Å². The van der Waals surface area contributed by atoms with Crippen LogP contribution in [0.4, 0.5) is 11.4 Å². The maximum absolute atomic E-state index is 12.9. The fourth-order valence-corrected chi connectivity index (χ4v) is 2.89. The third-order valence-electron chi connectivity index (χ3n) is 4.20. The second-order valence-corrected chi connectivity index (χ2v) is 6.06. The van der Waals surface area contributed by atoms with Crippen LogP contribution in [0.5, 0.6) is 0 Å². The molecule has 138 valence electrons. The molecule has 0 unspecified atom stereocenters. The van der Waals surface area contributed by atoms with Gasteiger partial charge in [0, 0.05) is 11.4 Å². The summed E-state index contributed by atoms with van der Waals surface area (Å²) >= 11 is 0. The van der Waals surface area contributed by atoms with Gasteiger partial charge in [-0.05, 0) is 48.5 Å².